The Morgan fingerprint density at radius 3 is 2.55 bits per heavy atom. The van der Waals surface area contributed by atoms with E-state index in [4.69, 9.17) is 16.7 Å². The Morgan fingerprint density at radius 1 is 1.45 bits per heavy atom. The van der Waals surface area contributed by atoms with E-state index in [0.717, 1.165) is 16.4 Å². The number of benzene rings is 1. The molecule has 1 heterocycles. The van der Waals surface area contributed by atoms with Crippen LogP contribution in [0.4, 0.5) is 0 Å². The van der Waals surface area contributed by atoms with Crippen molar-refractivity contribution in [1.82, 2.24) is 9.21 Å². The fourth-order valence-electron chi connectivity index (χ4n) is 2.30. The lowest BCUT2D eigenvalue weighted by Crippen LogP contribution is -2.42. The highest BCUT2D eigenvalue weighted by molar-refractivity contribution is 7.89. The number of amides is 1. The first-order valence-electron chi connectivity index (χ1n) is 6.42. The number of sulfonamides is 1. The van der Waals surface area contributed by atoms with Crippen molar-refractivity contribution in [2.24, 2.45) is 0 Å². The number of likely N-dealkylation sites (tertiary alicyclic amines) is 1. The molecule has 2 rings (SSSR count). The van der Waals surface area contributed by atoms with Crippen molar-refractivity contribution in [2.75, 3.05) is 20.6 Å². The van der Waals surface area contributed by atoms with Gasteiger partial charge < -0.3 is 10.0 Å². The highest BCUT2D eigenvalue weighted by atomic mass is 35.5. The van der Waals surface area contributed by atoms with Gasteiger partial charge in [-0.25, -0.2) is 13.2 Å². The van der Waals surface area contributed by atoms with Crippen LogP contribution in [0.25, 0.3) is 0 Å². The van der Waals surface area contributed by atoms with Crippen molar-refractivity contribution in [1.29, 1.82) is 0 Å². The van der Waals surface area contributed by atoms with Gasteiger partial charge in [0.2, 0.25) is 15.9 Å². The number of likely N-dealkylation sites (N-methyl/N-ethyl adjacent to an activating group) is 2. The molecule has 120 valence electrons. The van der Waals surface area contributed by atoms with Gasteiger partial charge in [-0.3, -0.25) is 4.79 Å². The van der Waals surface area contributed by atoms with Crippen LogP contribution in [0.1, 0.15) is 16.8 Å². The van der Waals surface area contributed by atoms with E-state index in [0.29, 0.717) is 13.0 Å². The lowest BCUT2D eigenvalue weighted by Gasteiger charge is -2.22. The number of carbonyl (C=O) groups is 2. The molecule has 9 heteroatoms. The minimum Gasteiger partial charge on any atom is -0.478 e. The number of carboxylic acid groups (broad SMARTS) is 1. The van der Waals surface area contributed by atoms with E-state index in [1.54, 1.807) is 7.05 Å². The average molecular weight is 347 g/mol. The van der Waals surface area contributed by atoms with Crippen LogP contribution in [0.15, 0.2) is 23.1 Å². The molecule has 1 aliphatic rings. The molecular weight excluding hydrogens is 332 g/mol. The van der Waals surface area contributed by atoms with Crippen LogP contribution >= 0.6 is 11.6 Å². The molecule has 0 radical (unpaired) electrons. The van der Waals surface area contributed by atoms with E-state index >= 15 is 0 Å². The van der Waals surface area contributed by atoms with Gasteiger partial charge in [-0.05, 0) is 24.6 Å². The lowest BCUT2D eigenvalue weighted by molar-refractivity contribution is -0.129. The summed E-state index contributed by atoms with van der Waals surface area (Å²) in [7, 11) is -0.993. The molecule has 0 aromatic heterocycles. The van der Waals surface area contributed by atoms with Crippen molar-refractivity contribution in [3.63, 3.8) is 0 Å². The van der Waals surface area contributed by atoms with Gasteiger partial charge in [-0.2, -0.15) is 4.31 Å². The predicted molar refractivity (Wildman–Crippen MR) is 79.4 cm³/mol. The summed E-state index contributed by atoms with van der Waals surface area (Å²) in [6, 6.07) is 2.63. The Balaban J connectivity index is 2.36. The van der Waals surface area contributed by atoms with Crippen molar-refractivity contribution in [3.05, 3.63) is 28.8 Å². The largest absolute Gasteiger partial charge is 0.478 e. The first kappa shape index (κ1) is 16.7. The summed E-state index contributed by atoms with van der Waals surface area (Å²) in [5, 5.41) is 8.74. The average Bonchev–Trinajstić information content (AvgIpc) is 2.77. The molecule has 22 heavy (non-hydrogen) atoms. The normalized spacial score (nSPS) is 19.0. The van der Waals surface area contributed by atoms with Gasteiger partial charge in [0.1, 0.15) is 6.04 Å². The monoisotopic (exact) mass is 346 g/mol. The molecule has 1 atom stereocenters. The standard InChI is InChI=1S/C13H15ClN2O5S/c1-15-6-5-11(12(15)17)16(2)22(20,21)8-3-4-9(13(18)19)10(14)7-8/h3-4,7,11H,5-6H2,1-2H3,(H,18,19). The Kier molecular flexibility index (Phi) is 4.46. The summed E-state index contributed by atoms with van der Waals surface area (Å²) in [5.41, 5.74) is -0.181. The quantitative estimate of drug-likeness (QED) is 0.873. The van der Waals surface area contributed by atoms with Crippen LogP contribution in [0.3, 0.4) is 0 Å². The highest BCUT2D eigenvalue weighted by Gasteiger charge is 2.38. The second kappa shape index (κ2) is 5.86. The van der Waals surface area contributed by atoms with Gasteiger partial charge in [0, 0.05) is 20.6 Å². The van der Waals surface area contributed by atoms with E-state index in [1.165, 1.54) is 18.0 Å². The molecule has 1 amide bonds. The van der Waals surface area contributed by atoms with Gasteiger partial charge in [-0.1, -0.05) is 11.6 Å². The highest BCUT2D eigenvalue weighted by Crippen LogP contribution is 2.26. The van der Waals surface area contributed by atoms with Crippen molar-refractivity contribution in [3.8, 4) is 0 Å². The summed E-state index contributed by atoms with van der Waals surface area (Å²) in [6.07, 6.45) is 0.409. The van der Waals surface area contributed by atoms with Crippen LogP contribution in [0.2, 0.25) is 5.02 Å². The number of aromatic carboxylic acids is 1. The molecule has 7 nitrogen and oxygen atoms in total. The molecule has 0 bridgehead atoms. The topological polar surface area (TPSA) is 95.0 Å². The fraction of sp³-hybridized carbons (Fsp3) is 0.385. The number of nitrogens with zero attached hydrogens (tertiary/aromatic N) is 2. The number of hydrogen-bond acceptors (Lipinski definition) is 4. The van der Waals surface area contributed by atoms with E-state index < -0.39 is 22.0 Å². The van der Waals surface area contributed by atoms with Crippen LogP contribution in [0, 0.1) is 0 Å². The maximum Gasteiger partial charge on any atom is 0.337 e. The van der Waals surface area contributed by atoms with E-state index in [2.05, 4.69) is 0 Å². The Morgan fingerprint density at radius 2 is 2.09 bits per heavy atom. The Hall–Kier alpha value is -1.64. The van der Waals surface area contributed by atoms with Crippen LogP contribution < -0.4 is 0 Å². The zero-order valence-electron chi connectivity index (χ0n) is 12.0. The van der Waals surface area contributed by atoms with Gasteiger partial charge in [0.25, 0.3) is 0 Å². The summed E-state index contributed by atoms with van der Waals surface area (Å²) in [4.78, 5) is 24.2. The molecule has 1 aliphatic heterocycles. The summed E-state index contributed by atoms with van der Waals surface area (Å²) >= 11 is 5.81. The van der Waals surface area contributed by atoms with Gasteiger partial charge in [0.15, 0.2) is 0 Å². The molecule has 0 aliphatic carbocycles. The third kappa shape index (κ3) is 2.81. The van der Waals surface area contributed by atoms with E-state index in [9.17, 15) is 18.0 Å². The van der Waals surface area contributed by atoms with Crippen molar-refractivity contribution >= 4 is 33.5 Å². The van der Waals surface area contributed by atoms with E-state index in [-0.39, 0.29) is 21.4 Å². The second-order valence-corrected chi connectivity index (χ2v) is 7.44. The number of carboxylic acids is 1. The van der Waals surface area contributed by atoms with Crippen molar-refractivity contribution in [2.45, 2.75) is 17.4 Å². The number of halogens is 1. The molecular formula is C13H15ClN2O5S. The number of rotatable bonds is 4. The number of carbonyl (C=O) groups excluding carboxylic acids is 1. The molecule has 1 saturated heterocycles. The van der Waals surface area contributed by atoms with Crippen LogP contribution in [-0.2, 0) is 14.8 Å². The second-order valence-electron chi connectivity index (χ2n) is 5.03. The maximum absolute atomic E-state index is 12.6. The SMILES string of the molecule is CN1CCC(N(C)S(=O)(=O)c2ccc(C(=O)O)c(Cl)c2)C1=O. The van der Waals surface area contributed by atoms with Crippen molar-refractivity contribution < 1.29 is 23.1 Å². The van der Waals surface area contributed by atoms with Crippen LogP contribution in [0.5, 0.6) is 0 Å². The van der Waals surface area contributed by atoms with Crippen LogP contribution in [-0.4, -0.2) is 61.3 Å². The minimum absolute atomic E-state index is 0.146. The summed E-state index contributed by atoms with van der Waals surface area (Å²) < 4.78 is 26.1. The molecule has 0 spiro atoms. The summed E-state index contributed by atoms with van der Waals surface area (Å²) in [5.74, 6) is -1.51. The number of hydrogen-bond donors (Lipinski definition) is 1. The van der Waals surface area contributed by atoms with Gasteiger partial charge in [-0.15, -0.1) is 0 Å². The fourth-order valence-corrected chi connectivity index (χ4v) is 4.00. The molecule has 1 fully saturated rings. The molecule has 0 saturated carbocycles. The maximum atomic E-state index is 12.6. The van der Waals surface area contributed by atoms with E-state index in [1.807, 2.05) is 0 Å². The zero-order valence-corrected chi connectivity index (χ0v) is 13.6. The molecule has 1 N–H and O–H groups in total. The Labute approximate surface area is 133 Å². The van der Waals surface area contributed by atoms with Gasteiger partial charge >= 0.3 is 5.97 Å². The third-order valence-electron chi connectivity index (χ3n) is 3.69. The third-order valence-corrected chi connectivity index (χ3v) is 5.86. The zero-order chi connectivity index (χ0) is 16.7. The minimum atomic E-state index is -3.94. The molecule has 1 aromatic rings. The lowest BCUT2D eigenvalue weighted by atomic mass is 10.2. The Bertz CT molecular complexity index is 734. The summed E-state index contributed by atoms with van der Waals surface area (Å²) in [6.45, 7) is 0.488. The molecule has 1 aromatic carbocycles. The first-order chi connectivity index (χ1) is 10.2. The smallest absolute Gasteiger partial charge is 0.337 e. The molecule has 1 unspecified atom stereocenters. The van der Waals surface area contributed by atoms with Gasteiger partial charge in [0.05, 0.1) is 15.5 Å². The first-order valence-corrected chi connectivity index (χ1v) is 8.24. The predicted octanol–water partition coefficient (Wildman–Crippen LogP) is 0.889.